The Balaban J connectivity index is 1.55. The maximum Gasteiger partial charge on any atom is 0.305 e. The van der Waals surface area contributed by atoms with E-state index in [1.54, 1.807) is 18.5 Å². The van der Waals surface area contributed by atoms with Gasteiger partial charge in [0.05, 0.1) is 30.9 Å². The van der Waals surface area contributed by atoms with Gasteiger partial charge in [0, 0.05) is 28.6 Å². The van der Waals surface area contributed by atoms with Crippen molar-refractivity contribution in [3.63, 3.8) is 0 Å². The summed E-state index contributed by atoms with van der Waals surface area (Å²) in [5, 5.41) is 5.15. The van der Waals surface area contributed by atoms with Gasteiger partial charge in [-0.25, -0.2) is 15.0 Å². The standard InChI is InChI=1S/C25H27Cl2N5O2S/c1-34-24(33)9-16-3-5-32(6-4-16)15-17-7-22(18-10-19(26)12-20(27)11-18)31-23(8-17)30-21-13-28-25(35-2)29-14-21/h7-8,10-14,16H,3-6,9,15H2,1-2H3,(H,30,31). The Morgan fingerprint density at radius 2 is 1.80 bits per heavy atom. The van der Waals surface area contributed by atoms with Crippen LogP contribution in [0.3, 0.4) is 0 Å². The van der Waals surface area contributed by atoms with Crippen LogP contribution >= 0.6 is 35.0 Å². The van der Waals surface area contributed by atoms with E-state index >= 15 is 0 Å². The lowest BCUT2D eigenvalue weighted by molar-refractivity contribution is -0.142. The topological polar surface area (TPSA) is 80.2 Å². The molecule has 0 unspecified atom stereocenters. The van der Waals surface area contributed by atoms with Gasteiger partial charge in [-0.15, -0.1) is 0 Å². The zero-order valence-electron chi connectivity index (χ0n) is 19.6. The molecule has 0 saturated carbocycles. The normalized spacial score (nSPS) is 14.6. The van der Waals surface area contributed by atoms with Gasteiger partial charge in [0.15, 0.2) is 5.16 Å². The number of carbonyl (C=O) groups is 1. The number of ether oxygens (including phenoxy) is 1. The van der Waals surface area contributed by atoms with Gasteiger partial charge in [0.1, 0.15) is 5.82 Å². The third-order valence-electron chi connectivity index (χ3n) is 5.92. The number of nitrogens with zero attached hydrogens (tertiary/aromatic N) is 4. The van der Waals surface area contributed by atoms with E-state index in [9.17, 15) is 4.79 Å². The Kier molecular flexibility index (Phi) is 8.83. The Labute approximate surface area is 219 Å². The van der Waals surface area contributed by atoms with E-state index in [1.165, 1.54) is 18.9 Å². The van der Waals surface area contributed by atoms with Crippen LogP contribution in [0.4, 0.5) is 11.5 Å². The second kappa shape index (κ2) is 12.0. The van der Waals surface area contributed by atoms with Crippen LogP contribution in [0, 0.1) is 5.92 Å². The Bertz CT molecular complexity index is 1150. The summed E-state index contributed by atoms with van der Waals surface area (Å²) in [6.45, 7) is 2.62. The van der Waals surface area contributed by atoms with Crippen LogP contribution in [-0.2, 0) is 16.1 Å². The quantitative estimate of drug-likeness (QED) is 0.212. The molecule has 3 heterocycles. The summed E-state index contributed by atoms with van der Waals surface area (Å²) in [7, 11) is 1.44. The second-order valence-electron chi connectivity index (χ2n) is 8.49. The summed E-state index contributed by atoms with van der Waals surface area (Å²) >= 11 is 14.0. The maximum absolute atomic E-state index is 11.6. The van der Waals surface area contributed by atoms with Crippen molar-refractivity contribution in [3.8, 4) is 11.3 Å². The minimum absolute atomic E-state index is 0.132. The first-order valence-electron chi connectivity index (χ1n) is 11.3. The van der Waals surface area contributed by atoms with Crippen LogP contribution in [-0.4, -0.2) is 52.3 Å². The minimum Gasteiger partial charge on any atom is -0.469 e. The predicted molar refractivity (Wildman–Crippen MR) is 141 cm³/mol. The first kappa shape index (κ1) is 25.7. The third kappa shape index (κ3) is 7.30. The van der Waals surface area contributed by atoms with E-state index in [1.807, 2.05) is 24.5 Å². The highest BCUT2D eigenvalue weighted by Crippen LogP contribution is 2.30. The number of thioether (sulfide) groups is 1. The molecule has 0 amide bonds. The van der Waals surface area contributed by atoms with Crippen LogP contribution in [0.25, 0.3) is 11.3 Å². The zero-order chi connectivity index (χ0) is 24.8. The number of methoxy groups -OCH3 is 1. The van der Waals surface area contributed by atoms with E-state index in [0.717, 1.165) is 55.0 Å². The number of pyridine rings is 1. The van der Waals surface area contributed by atoms with Crippen molar-refractivity contribution in [2.75, 3.05) is 31.8 Å². The number of piperidine rings is 1. The summed E-state index contributed by atoms with van der Waals surface area (Å²) in [5.74, 6) is 0.934. The smallest absolute Gasteiger partial charge is 0.305 e. The van der Waals surface area contributed by atoms with Gasteiger partial charge in [0.25, 0.3) is 0 Å². The lowest BCUT2D eigenvalue weighted by Gasteiger charge is -2.31. The molecule has 1 saturated heterocycles. The summed E-state index contributed by atoms with van der Waals surface area (Å²) in [5.41, 5.74) is 3.49. The molecule has 1 N–H and O–H groups in total. The van der Waals surface area contributed by atoms with Crippen molar-refractivity contribution in [2.45, 2.75) is 31.0 Å². The molecular formula is C25H27Cl2N5O2S. The molecule has 1 aromatic carbocycles. The van der Waals surface area contributed by atoms with Gasteiger partial charge in [-0.1, -0.05) is 35.0 Å². The van der Waals surface area contributed by atoms with Crippen LogP contribution in [0.2, 0.25) is 10.0 Å². The number of likely N-dealkylation sites (tertiary alicyclic amines) is 1. The Morgan fingerprint density at radius 1 is 1.11 bits per heavy atom. The first-order chi connectivity index (χ1) is 16.9. The summed E-state index contributed by atoms with van der Waals surface area (Å²) in [6.07, 6.45) is 7.87. The molecule has 0 aliphatic carbocycles. The molecule has 0 radical (unpaired) electrons. The highest BCUT2D eigenvalue weighted by Gasteiger charge is 2.22. The molecule has 0 bridgehead atoms. The minimum atomic E-state index is -0.132. The number of hydrogen-bond acceptors (Lipinski definition) is 8. The number of rotatable bonds is 8. The average molecular weight is 532 g/mol. The molecular weight excluding hydrogens is 505 g/mol. The number of aromatic nitrogens is 3. The van der Waals surface area contributed by atoms with Crippen LogP contribution < -0.4 is 5.32 Å². The molecule has 1 fully saturated rings. The lowest BCUT2D eigenvalue weighted by atomic mass is 9.93. The fourth-order valence-corrected chi connectivity index (χ4v) is 4.99. The Morgan fingerprint density at radius 3 is 2.43 bits per heavy atom. The van der Waals surface area contributed by atoms with Crippen molar-refractivity contribution in [3.05, 3.63) is 58.3 Å². The van der Waals surface area contributed by atoms with Crippen LogP contribution in [0.1, 0.15) is 24.8 Å². The number of anilines is 2. The maximum atomic E-state index is 11.6. The zero-order valence-corrected chi connectivity index (χ0v) is 22.0. The number of benzene rings is 1. The van der Waals surface area contributed by atoms with Crippen LogP contribution in [0.15, 0.2) is 47.9 Å². The van der Waals surface area contributed by atoms with Gasteiger partial charge in [-0.05, 0) is 74.0 Å². The third-order valence-corrected chi connectivity index (χ3v) is 6.94. The molecule has 2 aromatic heterocycles. The van der Waals surface area contributed by atoms with Crippen molar-refractivity contribution < 1.29 is 9.53 Å². The fourth-order valence-electron chi connectivity index (χ4n) is 4.15. The van der Waals surface area contributed by atoms with Crippen molar-refractivity contribution >= 4 is 52.4 Å². The lowest BCUT2D eigenvalue weighted by Crippen LogP contribution is -2.34. The summed E-state index contributed by atoms with van der Waals surface area (Å²) < 4.78 is 4.83. The van der Waals surface area contributed by atoms with E-state index in [-0.39, 0.29) is 5.97 Å². The van der Waals surface area contributed by atoms with Gasteiger partial charge in [-0.2, -0.15) is 0 Å². The highest BCUT2D eigenvalue weighted by molar-refractivity contribution is 7.98. The van der Waals surface area contributed by atoms with E-state index < -0.39 is 0 Å². The van der Waals surface area contributed by atoms with Crippen LogP contribution in [0.5, 0.6) is 0 Å². The van der Waals surface area contributed by atoms with Crippen molar-refractivity contribution in [1.29, 1.82) is 0 Å². The summed E-state index contributed by atoms with van der Waals surface area (Å²) in [6, 6.07) is 9.54. The SMILES string of the molecule is COC(=O)CC1CCN(Cc2cc(Nc3cnc(SC)nc3)nc(-c3cc(Cl)cc(Cl)c3)c2)CC1. The fraction of sp³-hybridized carbons (Fsp3) is 0.360. The monoisotopic (exact) mass is 531 g/mol. The number of hydrogen-bond donors (Lipinski definition) is 1. The number of esters is 1. The van der Waals surface area contributed by atoms with E-state index in [4.69, 9.17) is 32.9 Å². The number of halogens is 2. The molecule has 4 rings (SSSR count). The molecule has 3 aromatic rings. The van der Waals surface area contributed by atoms with Gasteiger partial charge in [-0.3, -0.25) is 9.69 Å². The molecule has 10 heteroatoms. The van der Waals surface area contributed by atoms with Crippen molar-refractivity contribution in [1.82, 2.24) is 19.9 Å². The molecule has 0 atom stereocenters. The molecule has 7 nitrogen and oxygen atoms in total. The average Bonchev–Trinajstić information content (AvgIpc) is 2.85. The first-order valence-corrected chi connectivity index (χ1v) is 13.3. The molecule has 184 valence electrons. The van der Waals surface area contributed by atoms with Gasteiger partial charge < -0.3 is 10.1 Å². The van der Waals surface area contributed by atoms with Gasteiger partial charge in [0.2, 0.25) is 0 Å². The van der Waals surface area contributed by atoms with Crippen molar-refractivity contribution in [2.24, 2.45) is 5.92 Å². The highest BCUT2D eigenvalue weighted by atomic mass is 35.5. The number of nitrogens with one attached hydrogen (secondary N) is 1. The predicted octanol–water partition coefficient (Wildman–Crippen LogP) is 6.09. The molecule has 35 heavy (non-hydrogen) atoms. The molecule has 0 spiro atoms. The van der Waals surface area contributed by atoms with E-state index in [0.29, 0.717) is 33.4 Å². The van der Waals surface area contributed by atoms with Gasteiger partial charge >= 0.3 is 5.97 Å². The molecule has 1 aliphatic rings. The second-order valence-corrected chi connectivity index (χ2v) is 10.1. The van der Waals surface area contributed by atoms with E-state index in [2.05, 4.69) is 26.3 Å². The largest absolute Gasteiger partial charge is 0.469 e. The molecule has 1 aliphatic heterocycles. The number of carbonyl (C=O) groups excluding carboxylic acids is 1. The summed E-state index contributed by atoms with van der Waals surface area (Å²) in [4.78, 5) is 27.5. The Hall–Kier alpha value is -2.39.